The summed E-state index contributed by atoms with van der Waals surface area (Å²) in [6, 6.07) is 9.70. The standard InChI is InChI=1S/C14H20N2O/c1-4-14(2,17)11-16(3)10-13-7-5-6-12(8-13)9-15/h5-8,17H,4,10-11H2,1-3H3. The Morgan fingerprint density at radius 2 is 2.18 bits per heavy atom. The van der Waals surface area contributed by atoms with Crippen LogP contribution in [0.2, 0.25) is 0 Å². The summed E-state index contributed by atoms with van der Waals surface area (Å²) in [5.41, 5.74) is 1.12. The molecule has 1 unspecified atom stereocenters. The molecule has 0 amide bonds. The molecule has 17 heavy (non-hydrogen) atoms. The highest BCUT2D eigenvalue weighted by atomic mass is 16.3. The summed E-state index contributed by atoms with van der Waals surface area (Å²) >= 11 is 0. The average Bonchev–Trinajstić information content (AvgIpc) is 2.28. The molecule has 1 atom stereocenters. The lowest BCUT2D eigenvalue weighted by Gasteiger charge is -2.28. The highest BCUT2D eigenvalue weighted by Crippen LogP contribution is 2.13. The molecule has 0 aliphatic carbocycles. The van der Waals surface area contributed by atoms with Crippen molar-refractivity contribution in [3.63, 3.8) is 0 Å². The molecule has 0 radical (unpaired) electrons. The van der Waals surface area contributed by atoms with Crippen molar-refractivity contribution in [1.29, 1.82) is 5.26 Å². The van der Waals surface area contributed by atoms with Crippen molar-refractivity contribution in [1.82, 2.24) is 4.90 Å². The molecule has 0 fully saturated rings. The molecule has 1 aromatic carbocycles. The summed E-state index contributed by atoms with van der Waals surface area (Å²) in [7, 11) is 1.98. The van der Waals surface area contributed by atoms with Crippen LogP contribution in [-0.4, -0.2) is 29.2 Å². The number of nitriles is 1. The van der Waals surface area contributed by atoms with E-state index >= 15 is 0 Å². The van der Waals surface area contributed by atoms with Gasteiger partial charge in [0.1, 0.15) is 0 Å². The number of benzene rings is 1. The zero-order valence-corrected chi connectivity index (χ0v) is 10.8. The third-order valence-electron chi connectivity index (χ3n) is 2.88. The van der Waals surface area contributed by atoms with Crippen LogP contribution in [0.3, 0.4) is 0 Å². The molecule has 1 aromatic rings. The minimum Gasteiger partial charge on any atom is -0.389 e. The van der Waals surface area contributed by atoms with Gasteiger partial charge in [0, 0.05) is 13.1 Å². The van der Waals surface area contributed by atoms with Crippen LogP contribution in [0, 0.1) is 11.3 Å². The minimum atomic E-state index is -0.651. The zero-order chi connectivity index (χ0) is 12.9. The SMILES string of the molecule is CCC(C)(O)CN(C)Cc1cccc(C#N)c1. The predicted molar refractivity (Wildman–Crippen MR) is 68.4 cm³/mol. The van der Waals surface area contributed by atoms with Gasteiger partial charge in [0.2, 0.25) is 0 Å². The predicted octanol–water partition coefficient (Wildman–Crippen LogP) is 2.15. The molecule has 0 heterocycles. The van der Waals surface area contributed by atoms with E-state index < -0.39 is 5.60 Å². The van der Waals surface area contributed by atoms with Gasteiger partial charge in [-0.3, -0.25) is 4.90 Å². The smallest absolute Gasteiger partial charge is 0.0991 e. The summed E-state index contributed by atoms with van der Waals surface area (Å²) in [4.78, 5) is 2.07. The maximum absolute atomic E-state index is 9.98. The van der Waals surface area contributed by atoms with Crippen LogP contribution in [0.1, 0.15) is 31.4 Å². The van der Waals surface area contributed by atoms with Crippen LogP contribution in [0.4, 0.5) is 0 Å². The molecule has 0 saturated heterocycles. The van der Waals surface area contributed by atoms with E-state index in [-0.39, 0.29) is 0 Å². The molecule has 1 rings (SSSR count). The summed E-state index contributed by atoms with van der Waals surface area (Å²) in [6.07, 6.45) is 0.732. The highest BCUT2D eigenvalue weighted by Gasteiger charge is 2.19. The molecule has 0 spiro atoms. The Morgan fingerprint density at radius 1 is 1.47 bits per heavy atom. The van der Waals surface area contributed by atoms with Crippen LogP contribution >= 0.6 is 0 Å². The van der Waals surface area contributed by atoms with E-state index in [2.05, 4.69) is 11.0 Å². The number of hydrogen-bond acceptors (Lipinski definition) is 3. The number of nitrogens with zero attached hydrogens (tertiary/aromatic N) is 2. The molecular weight excluding hydrogens is 212 g/mol. The lowest BCUT2D eigenvalue weighted by Crippen LogP contribution is -2.38. The number of aliphatic hydroxyl groups is 1. The first-order valence-corrected chi connectivity index (χ1v) is 5.87. The second kappa shape index (κ2) is 5.81. The first kappa shape index (κ1) is 13.7. The molecule has 92 valence electrons. The third kappa shape index (κ3) is 4.56. The van der Waals surface area contributed by atoms with E-state index in [0.29, 0.717) is 12.1 Å². The van der Waals surface area contributed by atoms with Crippen molar-refractivity contribution >= 4 is 0 Å². The van der Waals surface area contributed by atoms with Gasteiger partial charge in [-0.2, -0.15) is 5.26 Å². The summed E-state index contributed by atoms with van der Waals surface area (Å²) in [6.45, 7) is 5.19. The fourth-order valence-electron chi connectivity index (χ4n) is 1.80. The number of likely N-dealkylation sites (N-methyl/N-ethyl adjacent to an activating group) is 1. The quantitative estimate of drug-likeness (QED) is 0.846. The van der Waals surface area contributed by atoms with Crippen LogP contribution in [0.5, 0.6) is 0 Å². The molecule has 3 heteroatoms. The van der Waals surface area contributed by atoms with Gasteiger partial charge in [-0.25, -0.2) is 0 Å². The fraction of sp³-hybridized carbons (Fsp3) is 0.500. The van der Waals surface area contributed by atoms with Crippen molar-refractivity contribution in [3.8, 4) is 6.07 Å². The van der Waals surface area contributed by atoms with Crippen molar-refractivity contribution in [2.24, 2.45) is 0 Å². The zero-order valence-electron chi connectivity index (χ0n) is 10.8. The molecular formula is C14H20N2O. The van der Waals surface area contributed by atoms with Gasteiger partial charge in [0.05, 0.1) is 17.2 Å². The van der Waals surface area contributed by atoms with E-state index in [0.717, 1.165) is 18.5 Å². The third-order valence-corrected chi connectivity index (χ3v) is 2.88. The lowest BCUT2D eigenvalue weighted by atomic mass is 10.0. The Balaban J connectivity index is 2.62. The van der Waals surface area contributed by atoms with Gasteiger partial charge < -0.3 is 5.11 Å². The van der Waals surface area contributed by atoms with Crippen molar-refractivity contribution in [2.45, 2.75) is 32.4 Å². The first-order valence-electron chi connectivity index (χ1n) is 5.87. The van der Waals surface area contributed by atoms with Gasteiger partial charge in [0.15, 0.2) is 0 Å². The lowest BCUT2D eigenvalue weighted by molar-refractivity contribution is 0.0218. The highest BCUT2D eigenvalue weighted by molar-refractivity contribution is 5.32. The number of hydrogen-bond donors (Lipinski definition) is 1. The normalized spacial score (nSPS) is 14.4. The van der Waals surface area contributed by atoms with E-state index in [9.17, 15) is 5.11 Å². The Morgan fingerprint density at radius 3 is 2.76 bits per heavy atom. The topological polar surface area (TPSA) is 47.3 Å². The summed E-state index contributed by atoms with van der Waals surface area (Å²) in [5.74, 6) is 0. The van der Waals surface area contributed by atoms with Crippen LogP contribution in [0.15, 0.2) is 24.3 Å². The molecule has 3 nitrogen and oxygen atoms in total. The van der Waals surface area contributed by atoms with Gasteiger partial charge in [-0.15, -0.1) is 0 Å². The van der Waals surface area contributed by atoms with Crippen molar-refractivity contribution in [2.75, 3.05) is 13.6 Å². The number of rotatable bonds is 5. The van der Waals surface area contributed by atoms with E-state index in [4.69, 9.17) is 5.26 Å². The van der Waals surface area contributed by atoms with Crippen LogP contribution in [-0.2, 0) is 6.54 Å². The molecule has 0 bridgehead atoms. The molecule has 0 saturated carbocycles. The monoisotopic (exact) mass is 232 g/mol. The maximum Gasteiger partial charge on any atom is 0.0991 e. The average molecular weight is 232 g/mol. The molecule has 0 aromatic heterocycles. The molecule has 0 aliphatic rings. The van der Waals surface area contributed by atoms with Crippen LogP contribution in [0.25, 0.3) is 0 Å². The summed E-state index contributed by atoms with van der Waals surface area (Å²) < 4.78 is 0. The van der Waals surface area contributed by atoms with Gasteiger partial charge in [-0.1, -0.05) is 19.1 Å². The van der Waals surface area contributed by atoms with Crippen LogP contribution < -0.4 is 0 Å². The maximum atomic E-state index is 9.98. The molecule has 0 aliphatic heterocycles. The second-order valence-electron chi connectivity index (χ2n) is 4.83. The second-order valence-corrected chi connectivity index (χ2v) is 4.83. The van der Waals surface area contributed by atoms with E-state index in [1.807, 2.05) is 39.1 Å². The Bertz CT molecular complexity index is 407. The molecule has 1 N–H and O–H groups in total. The van der Waals surface area contributed by atoms with Gasteiger partial charge in [-0.05, 0) is 38.1 Å². The van der Waals surface area contributed by atoms with Crippen molar-refractivity contribution in [3.05, 3.63) is 35.4 Å². The van der Waals surface area contributed by atoms with Gasteiger partial charge in [0.25, 0.3) is 0 Å². The Hall–Kier alpha value is -1.37. The summed E-state index contributed by atoms with van der Waals surface area (Å²) in [5, 5.41) is 18.8. The fourth-order valence-corrected chi connectivity index (χ4v) is 1.80. The first-order chi connectivity index (χ1) is 7.96. The van der Waals surface area contributed by atoms with Gasteiger partial charge >= 0.3 is 0 Å². The minimum absolute atomic E-state index is 0.625. The van der Waals surface area contributed by atoms with E-state index in [1.165, 1.54) is 0 Å². The van der Waals surface area contributed by atoms with Crippen molar-refractivity contribution < 1.29 is 5.11 Å². The Kier molecular flexibility index (Phi) is 4.68. The largest absolute Gasteiger partial charge is 0.389 e. The Labute approximate surface area is 103 Å². The van der Waals surface area contributed by atoms with E-state index in [1.54, 1.807) is 6.07 Å².